The van der Waals surface area contributed by atoms with E-state index in [0.29, 0.717) is 0 Å². The summed E-state index contributed by atoms with van der Waals surface area (Å²) in [5.41, 5.74) is -0.924. The Morgan fingerprint density at radius 3 is 2.53 bits per heavy atom. The van der Waals surface area contributed by atoms with Gasteiger partial charge in [0.25, 0.3) is 0 Å². The molecule has 0 aromatic heterocycles. The van der Waals surface area contributed by atoms with Crippen molar-refractivity contribution in [2.75, 3.05) is 11.2 Å². The largest absolute Gasteiger partial charge is 0.376 e. The van der Waals surface area contributed by atoms with Gasteiger partial charge in [-0.05, 0) is 19.5 Å². The van der Waals surface area contributed by atoms with Gasteiger partial charge in [0.15, 0.2) is 0 Å². The number of hydrogen-bond acceptors (Lipinski definition) is 1. The number of alkyl halides is 1. The molecule has 0 heterocycles. The van der Waals surface area contributed by atoms with Crippen molar-refractivity contribution in [3.8, 4) is 0 Å². The Morgan fingerprint density at radius 2 is 2.06 bits per heavy atom. The Bertz CT molecular complexity index is 412. The number of carbonyl (C=O) groups excluding carboxylic acids is 1. The number of amides is 1. The first-order valence-electron chi connectivity index (χ1n) is 4.61. The summed E-state index contributed by atoms with van der Waals surface area (Å²) in [4.78, 5) is 11.6. The van der Waals surface area contributed by atoms with E-state index >= 15 is 0 Å². The number of halogens is 3. The number of hydrogen-bond donors (Lipinski definition) is 1. The second-order valence-corrected chi connectivity index (χ2v) is 4.27. The van der Waals surface area contributed by atoms with Gasteiger partial charge < -0.3 is 5.32 Å². The minimum atomic E-state index is -0.932. The molecule has 1 aromatic rings. The summed E-state index contributed by atoms with van der Waals surface area (Å²) < 4.78 is 25.7. The van der Waals surface area contributed by atoms with E-state index in [4.69, 9.17) is 11.6 Å². The van der Waals surface area contributed by atoms with Crippen molar-refractivity contribution in [3.63, 3.8) is 0 Å². The Morgan fingerprint density at radius 1 is 1.47 bits per heavy atom. The second-order valence-electron chi connectivity index (χ2n) is 4.01. The van der Waals surface area contributed by atoms with Gasteiger partial charge in [0.1, 0.15) is 0 Å². The topological polar surface area (TPSA) is 29.1 Å². The van der Waals surface area contributed by atoms with Crippen LogP contribution in [0.2, 0.25) is 0 Å². The van der Waals surface area contributed by atoms with Crippen LogP contribution >= 0.6 is 11.6 Å². The molecular weight excluding hydrogens is 283 g/mol. The van der Waals surface area contributed by atoms with Crippen LogP contribution in [0, 0.1) is 23.1 Å². The molecule has 0 radical (unpaired) electrons. The average Bonchev–Trinajstić information content (AvgIpc) is 2.22. The Kier molecular flexibility index (Phi) is 6.31. The normalized spacial score (nSPS) is 10.6. The number of rotatable bonds is 3. The number of carbonyl (C=O) groups is 1. The van der Waals surface area contributed by atoms with Gasteiger partial charge in [-0.1, -0.05) is 0 Å². The van der Waals surface area contributed by atoms with Crippen molar-refractivity contribution < 1.29 is 35.3 Å². The summed E-state index contributed by atoms with van der Waals surface area (Å²) in [5, 5.41) is 2.33. The fourth-order valence-corrected chi connectivity index (χ4v) is 1.01. The summed E-state index contributed by atoms with van der Waals surface area (Å²) in [5.74, 6) is -2.07. The first-order chi connectivity index (χ1) is 7.36. The molecular formula is C11H11ClF2NOTi-. The summed E-state index contributed by atoms with van der Waals surface area (Å²) in [7, 11) is 0. The molecule has 92 valence electrons. The van der Waals surface area contributed by atoms with Gasteiger partial charge in [0, 0.05) is 39.2 Å². The minimum Gasteiger partial charge on any atom is -0.376 e. The van der Waals surface area contributed by atoms with Gasteiger partial charge in [-0.15, -0.1) is 29.8 Å². The minimum absolute atomic E-state index is 0. The van der Waals surface area contributed by atoms with E-state index in [0.717, 1.165) is 12.1 Å². The van der Waals surface area contributed by atoms with Crippen LogP contribution in [0.4, 0.5) is 14.5 Å². The molecule has 1 rings (SSSR count). The molecule has 1 aromatic carbocycles. The zero-order chi connectivity index (χ0) is 12.3. The van der Waals surface area contributed by atoms with E-state index in [1.54, 1.807) is 13.8 Å². The van der Waals surface area contributed by atoms with E-state index in [9.17, 15) is 13.6 Å². The Balaban J connectivity index is 0.00000256. The molecule has 0 aliphatic rings. The van der Waals surface area contributed by atoms with Crippen LogP contribution in [-0.4, -0.2) is 11.8 Å². The SMILES string of the molecule is CC(C)(CCl)C(=O)Nc1ccc(F)[c-]c1F.[Ti]. The van der Waals surface area contributed by atoms with Crippen LogP contribution < -0.4 is 5.32 Å². The van der Waals surface area contributed by atoms with E-state index in [-0.39, 0.29) is 33.3 Å². The van der Waals surface area contributed by atoms with Crippen LogP contribution in [0.15, 0.2) is 12.1 Å². The van der Waals surface area contributed by atoms with Crippen LogP contribution in [0.25, 0.3) is 0 Å². The molecule has 6 heteroatoms. The van der Waals surface area contributed by atoms with Crippen molar-refractivity contribution >= 4 is 23.2 Å². The monoisotopic (exact) mass is 294 g/mol. The zero-order valence-electron chi connectivity index (χ0n) is 9.40. The molecule has 0 spiro atoms. The van der Waals surface area contributed by atoms with Gasteiger partial charge in [0.2, 0.25) is 5.91 Å². The molecule has 0 aliphatic heterocycles. The average molecular weight is 295 g/mol. The standard InChI is InChI=1S/C11H11ClF2NO.Ti/c1-11(2,6-12)10(16)15-9-4-3-7(13)5-8(9)14;/h3-4H,6H2,1-2H3,(H,15,16);/q-1;. The van der Waals surface area contributed by atoms with Gasteiger partial charge in [-0.2, -0.15) is 0 Å². The van der Waals surface area contributed by atoms with Crippen LogP contribution in [0.3, 0.4) is 0 Å². The molecule has 0 fully saturated rings. The van der Waals surface area contributed by atoms with E-state index < -0.39 is 23.0 Å². The summed E-state index contributed by atoms with van der Waals surface area (Å²) in [6, 6.07) is 4.00. The van der Waals surface area contributed by atoms with E-state index in [1.807, 2.05) is 6.07 Å². The van der Waals surface area contributed by atoms with Crippen LogP contribution in [0.5, 0.6) is 0 Å². The molecule has 1 N–H and O–H groups in total. The molecule has 0 unspecified atom stereocenters. The molecule has 1 amide bonds. The fraction of sp³-hybridized carbons (Fsp3) is 0.364. The Labute approximate surface area is 119 Å². The van der Waals surface area contributed by atoms with Crippen LogP contribution in [-0.2, 0) is 26.5 Å². The molecule has 17 heavy (non-hydrogen) atoms. The molecule has 0 atom stereocenters. The van der Waals surface area contributed by atoms with Crippen LogP contribution in [0.1, 0.15) is 13.8 Å². The second kappa shape index (κ2) is 6.48. The Hall–Kier alpha value is -0.446. The van der Waals surface area contributed by atoms with Crippen molar-refractivity contribution in [1.29, 1.82) is 0 Å². The maximum absolute atomic E-state index is 13.2. The summed E-state index contributed by atoms with van der Waals surface area (Å²) in [6.07, 6.45) is 0. The summed E-state index contributed by atoms with van der Waals surface area (Å²) >= 11 is 5.60. The summed E-state index contributed by atoms with van der Waals surface area (Å²) in [6.45, 7) is 3.25. The van der Waals surface area contributed by atoms with Crippen molar-refractivity contribution in [2.45, 2.75) is 13.8 Å². The zero-order valence-corrected chi connectivity index (χ0v) is 11.7. The number of nitrogens with one attached hydrogen (secondary N) is 1. The maximum Gasteiger partial charge on any atom is 0.220 e. The van der Waals surface area contributed by atoms with Gasteiger partial charge in [0.05, 0.1) is 5.41 Å². The predicted octanol–water partition coefficient (Wildman–Crippen LogP) is 2.97. The fourth-order valence-electron chi connectivity index (χ4n) is 0.892. The smallest absolute Gasteiger partial charge is 0.220 e. The third-order valence-electron chi connectivity index (χ3n) is 2.06. The molecule has 0 saturated carbocycles. The molecule has 2 nitrogen and oxygen atoms in total. The third-order valence-corrected chi connectivity index (χ3v) is 2.73. The first kappa shape index (κ1) is 16.6. The van der Waals surface area contributed by atoms with Crippen molar-refractivity contribution in [1.82, 2.24) is 0 Å². The van der Waals surface area contributed by atoms with Gasteiger partial charge >= 0.3 is 0 Å². The number of benzene rings is 1. The van der Waals surface area contributed by atoms with E-state index in [2.05, 4.69) is 5.32 Å². The predicted molar refractivity (Wildman–Crippen MR) is 58.3 cm³/mol. The molecule has 0 saturated heterocycles. The molecule has 0 aliphatic carbocycles. The van der Waals surface area contributed by atoms with Gasteiger partial charge in [-0.25, -0.2) is 8.78 Å². The maximum atomic E-state index is 13.2. The number of anilines is 1. The molecule has 0 bridgehead atoms. The van der Waals surface area contributed by atoms with Gasteiger partial charge in [-0.3, -0.25) is 4.79 Å². The first-order valence-corrected chi connectivity index (χ1v) is 5.15. The van der Waals surface area contributed by atoms with Crippen molar-refractivity contribution in [3.05, 3.63) is 29.8 Å². The third kappa shape index (κ3) is 4.38. The van der Waals surface area contributed by atoms with E-state index in [1.165, 1.54) is 0 Å². The quantitative estimate of drug-likeness (QED) is 0.518. The van der Waals surface area contributed by atoms with Crippen molar-refractivity contribution in [2.24, 2.45) is 5.41 Å².